The molecule has 2 nitrogen and oxygen atoms in total. The molecule has 0 aliphatic rings. The maximum Gasteiger partial charge on any atom is 0.105 e. The molecule has 0 saturated carbocycles. The minimum Gasteiger partial charge on any atom is -0.338 e. The predicted octanol–water partition coefficient (Wildman–Crippen LogP) is 2.70. The Morgan fingerprint density at radius 2 is 1.71 bits per heavy atom. The molecule has 2 rings (SSSR count). The van der Waals surface area contributed by atoms with Gasteiger partial charge in [0, 0.05) is 18.8 Å². The second-order valence-corrected chi connectivity index (χ2v) is 3.65. The van der Waals surface area contributed by atoms with E-state index in [9.17, 15) is 0 Å². The number of hydrogen-bond acceptors (Lipinski definition) is 1. The highest BCUT2D eigenvalue weighted by Gasteiger charge is 2.02. The van der Waals surface area contributed by atoms with Crippen molar-refractivity contribution in [1.82, 2.24) is 9.55 Å². The van der Waals surface area contributed by atoms with Crippen LogP contribution in [0.1, 0.15) is 11.4 Å². The Bertz CT molecular complexity index is 418. The van der Waals surface area contributed by atoms with Gasteiger partial charge in [-0.25, -0.2) is 4.98 Å². The second-order valence-electron chi connectivity index (χ2n) is 3.65. The Hall–Kier alpha value is -1.57. The second kappa shape index (κ2) is 3.29. The van der Waals surface area contributed by atoms with Gasteiger partial charge in [-0.05, 0) is 13.8 Å². The fourth-order valence-electron chi connectivity index (χ4n) is 1.42. The third-order valence-electron chi connectivity index (χ3n) is 2.46. The van der Waals surface area contributed by atoms with Crippen molar-refractivity contribution in [3.63, 3.8) is 0 Å². The van der Waals surface area contributed by atoms with Gasteiger partial charge in [0.1, 0.15) is 5.82 Å². The number of imidazole rings is 1. The Morgan fingerprint density at radius 1 is 1.07 bits per heavy atom. The lowest BCUT2D eigenvalue weighted by molar-refractivity contribution is 0.858. The van der Waals surface area contributed by atoms with Gasteiger partial charge >= 0.3 is 0 Å². The molecule has 0 spiro atoms. The summed E-state index contributed by atoms with van der Waals surface area (Å²) in [6.45, 7) is 4.10. The van der Waals surface area contributed by atoms with Crippen molar-refractivity contribution in [1.29, 1.82) is 0 Å². The van der Waals surface area contributed by atoms with E-state index in [2.05, 4.69) is 42.4 Å². The van der Waals surface area contributed by atoms with Crippen LogP contribution in [0.3, 0.4) is 0 Å². The summed E-state index contributed by atoms with van der Waals surface area (Å²) in [4.78, 5) is 4.47. The third-order valence-corrected chi connectivity index (χ3v) is 2.46. The van der Waals surface area contributed by atoms with Gasteiger partial charge in [0.05, 0.1) is 5.69 Å². The summed E-state index contributed by atoms with van der Waals surface area (Å²) in [7, 11) is 2.01. The van der Waals surface area contributed by atoms with Gasteiger partial charge in [0.15, 0.2) is 0 Å². The minimum atomic E-state index is 1.04. The normalized spacial score (nSPS) is 10.5. The van der Waals surface area contributed by atoms with Gasteiger partial charge in [-0.15, -0.1) is 0 Å². The van der Waals surface area contributed by atoms with Crippen molar-refractivity contribution in [3.05, 3.63) is 41.9 Å². The summed E-state index contributed by atoms with van der Waals surface area (Å²) in [5, 5.41) is 0. The third kappa shape index (κ3) is 1.55. The molecular weight excluding hydrogens is 172 g/mol. The van der Waals surface area contributed by atoms with Crippen LogP contribution in [0.25, 0.3) is 11.3 Å². The van der Waals surface area contributed by atoms with Crippen molar-refractivity contribution < 1.29 is 0 Å². The number of rotatable bonds is 1. The molecule has 1 aromatic carbocycles. The first-order chi connectivity index (χ1) is 6.66. The molecule has 0 saturated heterocycles. The molecule has 14 heavy (non-hydrogen) atoms. The monoisotopic (exact) mass is 186 g/mol. The van der Waals surface area contributed by atoms with E-state index in [1.165, 1.54) is 11.1 Å². The first-order valence-corrected chi connectivity index (χ1v) is 4.74. The van der Waals surface area contributed by atoms with E-state index in [0.717, 1.165) is 11.5 Å². The maximum absolute atomic E-state index is 4.47. The van der Waals surface area contributed by atoms with Crippen LogP contribution in [0, 0.1) is 13.8 Å². The zero-order valence-electron chi connectivity index (χ0n) is 8.78. The lowest BCUT2D eigenvalue weighted by Gasteiger charge is -1.96. The number of aryl methyl sites for hydroxylation is 3. The van der Waals surface area contributed by atoms with E-state index in [0.29, 0.717) is 0 Å². The molecule has 0 unspecified atom stereocenters. The molecule has 2 aromatic rings. The molecule has 0 N–H and O–H groups in total. The van der Waals surface area contributed by atoms with Crippen LogP contribution in [-0.2, 0) is 7.05 Å². The minimum absolute atomic E-state index is 1.04. The van der Waals surface area contributed by atoms with E-state index >= 15 is 0 Å². The number of aromatic nitrogens is 2. The summed E-state index contributed by atoms with van der Waals surface area (Å²) < 4.78 is 2.04. The van der Waals surface area contributed by atoms with Gasteiger partial charge in [-0.3, -0.25) is 0 Å². The summed E-state index contributed by atoms with van der Waals surface area (Å²) in [6.07, 6.45) is 2.06. The van der Waals surface area contributed by atoms with Gasteiger partial charge in [0.2, 0.25) is 0 Å². The van der Waals surface area contributed by atoms with Crippen molar-refractivity contribution in [3.8, 4) is 11.3 Å². The average Bonchev–Trinajstić information content (AvgIpc) is 2.48. The molecule has 0 bridgehead atoms. The van der Waals surface area contributed by atoms with E-state index in [-0.39, 0.29) is 0 Å². The lowest BCUT2D eigenvalue weighted by Crippen LogP contribution is -1.86. The molecule has 0 amide bonds. The highest BCUT2D eigenvalue weighted by Crippen LogP contribution is 2.18. The van der Waals surface area contributed by atoms with Crippen LogP contribution in [-0.4, -0.2) is 9.55 Å². The Labute approximate surface area is 84.2 Å². The first-order valence-electron chi connectivity index (χ1n) is 4.74. The number of nitrogens with zero attached hydrogens (tertiary/aromatic N) is 2. The molecule has 0 aliphatic heterocycles. The Kier molecular flexibility index (Phi) is 2.12. The standard InChI is InChI=1S/C12H14N2/c1-9-4-6-11(7-5-9)12-8-14(3)10(2)13-12/h4-8H,1-3H3. The zero-order valence-corrected chi connectivity index (χ0v) is 8.78. The van der Waals surface area contributed by atoms with Crippen molar-refractivity contribution in [2.24, 2.45) is 7.05 Å². The molecular formula is C12H14N2. The molecule has 2 heteroatoms. The van der Waals surface area contributed by atoms with E-state index in [4.69, 9.17) is 0 Å². The summed E-state index contributed by atoms with van der Waals surface area (Å²) in [6, 6.07) is 8.44. The van der Waals surface area contributed by atoms with Crippen molar-refractivity contribution in [2.75, 3.05) is 0 Å². The number of hydrogen-bond donors (Lipinski definition) is 0. The lowest BCUT2D eigenvalue weighted by atomic mass is 10.1. The van der Waals surface area contributed by atoms with Crippen molar-refractivity contribution in [2.45, 2.75) is 13.8 Å². The molecule has 72 valence electrons. The van der Waals surface area contributed by atoms with Crippen LogP contribution < -0.4 is 0 Å². The fraction of sp³-hybridized carbons (Fsp3) is 0.250. The average molecular weight is 186 g/mol. The van der Waals surface area contributed by atoms with E-state index in [1.807, 2.05) is 18.5 Å². The van der Waals surface area contributed by atoms with Crippen LogP contribution in [0.4, 0.5) is 0 Å². The summed E-state index contributed by atoms with van der Waals surface area (Å²) >= 11 is 0. The molecule has 0 fully saturated rings. The summed E-state index contributed by atoms with van der Waals surface area (Å²) in [5.74, 6) is 1.04. The first kappa shape index (κ1) is 9.00. The number of benzene rings is 1. The predicted molar refractivity (Wildman–Crippen MR) is 58.1 cm³/mol. The zero-order chi connectivity index (χ0) is 10.1. The van der Waals surface area contributed by atoms with E-state index in [1.54, 1.807) is 0 Å². The molecule has 1 heterocycles. The molecule has 0 atom stereocenters. The SMILES string of the molecule is Cc1ccc(-c2cn(C)c(C)n2)cc1. The van der Waals surface area contributed by atoms with Gasteiger partial charge in [-0.1, -0.05) is 29.8 Å². The van der Waals surface area contributed by atoms with Gasteiger partial charge in [0.25, 0.3) is 0 Å². The topological polar surface area (TPSA) is 17.8 Å². The Balaban J connectivity index is 2.44. The quantitative estimate of drug-likeness (QED) is 0.669. The smallest absolute Gasteiger partial charge is 0.105 e. The molecule has 0 radical (unpaired) electrons. The van der Waals surface area contributed by atoms with Gasteiger partial charge < -0.3 is 4.57 Å². The van der Waals surface area contributed by atoms with Crippen LogP contribution in [0.15, 0.2) is 30.5 Å². The highest BCUT2D eigenvalue weighted by atomic mass is 15.0. The van der Waals surface area contributed by atoms with Crippen LogP contribution in [0.2, 0.25) is 0 Å². The van der Waals surface area contributed by atoms with Gasteiger partial charge in [-0.2, -0.15) is 0 Å². The van der Waals surface area contributed by atoms with Crippen LogP contribution in [0.5, 0.6) is 0 Å². The highest BCUT2D eigenvalue weighted by molar-refractivity contribution is 5.58. The van der Waals surface area contributed by atoms with Crippen molar-refractivity contribution >= 4 is 0 Å². The Morgan fingerprint density at radius 3 is 2.21 bits per heavy atom. The summed E-state index contributed by atoms with van der Waals surface area (Å²) in [5.41, 5.74) is 3.51. The largest absolute Gasteiger partial charge is 0.338 e. The maximum atomic E-state index is 4.47. The molecule has 1 aromatic heterocycles. The molecule has 0 aliphatic carbocycles. The van der Waals surface area contributed by atoms with E-state index < -0.39 is 0 Å². The fourth-order valence-corrected chi connectivity index (χ4v) is 1.42. The van der Waals surface area contributed by atoms with Crippen LogP contribution >= 0.6 is 0 Å².